The van der Waals surface area contributed by atoms with Crippen molar-refractivity contribution in [2.24, 2.45) is 10.7 Å². The van der Waals surface area contributed by atoms with Gasteiger partial charge in [-0.1, -0.05) is 140 Å². The fourth-order valence-corrected chi connectivity index (χ4v) is 6.64. The molecule has 0 atom stereocenters. The van der Waals surface area contributed by atoms with Gasteiger partial charge < -0.3 is 20.7 Å². The van der Waals surface area contributed by atoms with Crippen LogP contribution in [0.15, 0.2) is 71.8 Å². The highest BCUT2D eigenvalue weighted by Crippen LogP contribution is 2.15. The lowest BCUT2D eigenvalue weighted by atomic mass is 10.0. The van der Waals surface area contributed by atoms with Gasteiger partial charge in [-0.2, -0.15) is 0 Å². The third-order valence-corrected chi connectivity index (χ3v) is 10.2. The lowest BCUT2D eigenvalue weighted by molar-refractivity contribution is -0.145. The first kappa shape index (κ1) is 52.6. The molecular formula is C51H86N4O3. The molecule has 7 heteroatoms. The van der Waals surface area contributed by atoms with Crippen molar-refractivity contribution >= 4 is 17.7 Å². The van der Waals surface area contributed by atoms with E-state index in [0.717, 1.165) is 69.9 Å². The highest BCUT2D eigenvalue weighted by atomic mass is 16.5. The number of esters is 1. The van der Waals surface area contributed by atoms with Crippen molar-refractivity contribution in [3.05, 3.63) is 83.5 Å². The van der Waals surface area contributed by atoms with E-state index in [0.29, 0.717) is 36.5 Å². The Bertz CT molecular complexity index is 1310. The van der Waals surface area contributed by atoms with Crippen LogP contribution < -0.4 is 11.1 Å². The average molecular weight is 803 g/mol. The Morgan fingerprint density at radius 3 is 1.64 bits per heavy atom. The minimum absolute atomic E-state index is 0.0973. The predicted molar refractivity (Wildman–Crippen MR) is 251 cm³/mol. The van der Waals surface area contributed by atoms with Gasteiger partial charge in [0.2, 0.25) is 0 Å². The van der Waals surface area contributed by atoms with Crippen LogP contribution in [-0.4, -0.2) is 56.3 Å². The lowest BCUT2D eigenvalue weighted by Gasteiger charge is -2.12. The molecule has 328 valence electrons. The smallest absolute Gasteiger partial charge is 0.306 e. The molecule has 0 saturated heterocycles. The van der Waals surface area contributed by atoms with Crippen LogP contribution in [0.3, 0.4) is 0 Å². The summed E-state index contributed by atoms with van der Waals surface area (Å²) in [5, 5.41) is 3.10. The Kier molecular flexibility index (Phi) is 35.4. The van der Waals surface area contributed by atoms with E-state index in [2.05, 4.69) is 77.7 Å². The van der Waals surface area contributed by atoms with Crippen molar-refractivity contribution in [1.82, 2.24) is 10.2 Å². The number of unbranched alkanes of at least 4 members (excludes halogenated alkanes) is 18. The van der Waals surface area contributed by atoms with Gasteiger partial charge >= 0.3 is 5.97 Å². The molecule has 0 spiro atoms. The summed E-state index contributed by atoms with van der Waals surface area (Å²) in [4.78, 5) is 32.4. The number of hydrogen-bond donors (Lipinski definition) is 2. The molecule has 0 aliphatic rings. The number of ether oxygens (including phenoxy) is 1. The molecule has 0 saturated carbocycles. The Morgan fingerprint density at radius 2 is 1.10 bits per heavy atom. The number of nitrogens with zero attached hydrogens (tertiary/aromatic N) is 2. The van der Waals surface area contributed by atoms with Crippen molar-refractivity contribution in [3.63, 3.8) is 0 Å². The summed E-state index contributed by atoms with van der Waals surface area (Å²) < 4.78 is 5.59. The first-order valence-corrected chi connectivity index (χ1v) is 23.5. The molecule has 1 aromatic rings. The third-order valence-electron chi connectivity index (χ3n) is 10.2. The number of hydrogen-bond acceptors (Lipinski definition) is 5. The summed E-state index contributed by atoms with van der Waals surface area (Å²) in [5.41, 5.74) is 8.43. The van der Waals surface area contributed by atoms with Crippen molar-refractivity contribution in [3.8, 4) is 0 Å². The van der Waals surface area contributed by atoms with Gasteiger partial charge in [-0.3, -0.25) is 14.6 Å². The van der Waals surface area contributed by atoms with Gasteiger partial charge in [-0.15, -0.1) is 0 Å². The zero-order valence-electron chi connectivity index (χ0n) is 37.8. The maximum atomic E-state index is 13.3. The van der Waals surface area contributed by atoms with E-state index < -0.39 is 0 Å². The van der Waals surface area contributed by atoms with Gasteiger partial charge in [0.05, 0.1) is 0 Å². The van der Waals surface area contributed by atoms with Crippen molar-refractivity contribution in [2.75, 3.05) is 33.7 Å². The number of benzene rings is 1. The largest absolute Gasteiger partial charge is 0.461 e. The molecule has 1 rings (SSSR count). The van der Waals surface area contributed by atoms with Crippen molar-refractivity contribution in [2.45, 2.75) is 187 Å². The van der Waals surface area contributed by atoms with E-state index in [4.69, 9.17) is 10.5 Å². The average Bonchev–Trinajstić information content (AvgIpc) is 3.21. The molecule has 0 bridgehead atoms. The number of aliphatic imine (C=N–C) groups is 1. The Hall–Kier alpha value is -3.45. The minimum atomic E-state index is -0.241. The zero-order chi connectivity index (χ0) is 42.2. The number of nitrogens with two attached hydrogens (primary N) is 1. The summed E-state index contributed by atoms with van der Waals surface area (Å²) in [7, 11) is 3.98. The SMILES string of the molecule is CCCCC/C=C\C/C=C\CCCCCCCCN=C(N)c1cc(COC(=O)CCCN(C)C)cc(C(=O)NCCCCCCCC/C=C\C/C=C\CCCCC)c1. The number of carbonyl (C=O) groups is 2. The molecule has 0 aromatic heterocycles. The van der Waals surface area contributed by atoms with E-state index in [1.165, 1.54) is 103 Å². The molecular weight excluding hydrogens is 717 g/mol. The van der Waals surface area contributed by atoms with E-state index in [9.17, 15) is 9.59 Å². The van der Waals surface area contributed by atoms with E-state index in [-0.39, 0.29) is 18.5 Å². The predicted octanol–water partition coefficient (Wildman–Crippen LogP) is 13.1. The molecule has 0 aliphatic heterocycles. The molecule has 0 fully saturated rings. The second-order valence-corrected chi connectivity index (χ2v) is 16.2. The van der Waals surface area contributed by atoms with Crippen molar-refractivity contribution < 1.29 is 14.3 Å². The molecule has 0 radical (unpaired) electrons. The fraction of sp³-hybridized carbons (Fsp3) is 0.667. The number of amidine groups is 1. The number of carbonyl (C=O) groups excluding carboxylic acids is 2. The normalized spacial score (nSPS) is 12.3. The molecule has 58 heavy (non-hydrogen) atoms. The number of amides is 1. The topological polar surface area (TPSA) is 97.0 Å². The zero-order valence-corrected chi connectivity index (χ0v) is 37.8. The first-order valence-electron chi connectivity index (χ1n) is 23.5. The van der Waals surface area contributed by atoms with Gasteiger partial charge in [-0.25, -0.2) is 0 Å². The summed E-state index contributed by atoms with van der Waals surface area (Å²) in [6, 6.07) is 5.51. The summed E-state index contributed by atoms with van der Waals surface area (Å²) in [6.07, 6.45) is 48.2. The van der Waals surface area contributed by atoms with E-state index in [1.807, 2.05) is 26.2 Å². The second-order valence-electron chi connectivity index (χ2n) is 16.2. The summed E-state index contributed by atoms with van der Waals surface area (Å²) in [5.74, 6) is 0.0385. The molecule has 3 N–H and O–H groups in total. The van der Waals surface area contributed by atoms with Crippen molar-refractivity contribution in [1.29, 1.82) is 0 Å². The highest BCUT2D eigenvalue weighted by Gasteiger charge is 2.12. The minimum Gasteiger partial charge on any atom is -0.461 e. The highest BCUT2D eigenvalue weighted by molar-refractivity contribution is 6.01. The summed E-state index contributed by atoms with van der Waals surface area (Å²) >= 11 is 0. The maximum Gasteiger partial charge on any atom is 0.306 e. The van der Waals surface area contributed by atoms with Crippen LogP contribution >= 0.6 is 0 Å². The van der Waals surface area contributed by atoms with Crippen LogP contribution in [0.4, 0.5) is 0 Å². The standard InChI is InChI=1S/C51H86N4O3/c1-5-7-9-11-13-15-17-19-21-23-25-27-29-31-33-35-39-53-50(52)47-42-46(45-58-49(56)38-37-41-55(3)4)43-48(44-47)51(57)54-40-36-34-32-30-28-26-24-22-20-18-16-14-12-10-8-6-2/h13-16,19-22,42-44H,5-12,17-18,23-41,45H2,1-4H3,(H2,52,53)(H,54,57)/b15-13-,16-14-,21-19-,22-20-. The first-order chi connectivity index (χ1) is 28.4. The Labute approximate surface area is 356 Å². The quantitative estimate of drug-likeness (QED) is 0.0228. The van der Waals surface area contributed by atoms with Crippen LogP contribution in [0.25, 0.3) is 0 Å². The lowest BCUT2D eigenvalue weighted by Crippen LogP contribution is -2.25. The van der Waals surface area contributed by atoms with E-state index in [1.54, 1.807) is 6.07 Å². The van der Waals surface area contributed by atoms with Crippen LogP contribution in [0.1, 0.15) is 202 Å². The second kappa shape index (κ2) is 39.0. The molecule has 0 heterocycles. The van der Waals surface area contributed by atoms with Gasteiger partial charge in [0.15, 0.2) is 0 Å². The molecule has 1 aromatic carbocycles. The van der Waals surface area contributed by atoms with Crippen LogP contribution in [0.2, 0.25) is 0 Å². The third kappa shape index (κ3) is 32.5. The van der Waals surface area contributed by atoms with Crippen LogP contribution in [0, 0.1) is 0 Å². The fourth-order valence-electron chi connectivity index (χ4n) is 6.64. The molecule has 1 amide bonds. The van der Waals surface area contributed by atoms with Crippen LogP contribution in [-0.2, 0) is 16.1 Å². The number of allylic oxidation sites excluding steroid dienone is 8. The van der Waals surface area contributed by atoms with Gasteiger partial charge in [-0.05, 0) is 128 Å². The number of nitrogens with one attached hydrogen (secondary N) is 1. The number of rotatable bonds is 38. The van der Waals surface area contributed by atoms with E-state index >= 15 is 0 Å². The summed E-state index contributed by atoms with van der Waals surface area (Å²) in [6.45, 7) is 6.70. The van der Waals surface area contributed by atoms with Gasteiger partial charge in [0, 0.05) is 30.6 Å². The van der Waals surface area contributed by atoms with Gasteiger partial charge in [0.25, 0.3) is 5.91 Å². The maximum absolute atomic E-state index is 13.3. The molecule has 7 nitrogen and oxygen atoms in total. The molecule has 0 unspecified atom stereocenters. The van der Waals surface area contributed by atoms with Gasteiger partial charge in [0.1, 0.15) is 12.4 Å². The monoisotopic (exact) mass is 803 g/mol. The Morgan fingerprint density at radius 1 is 0.621 bits per heavy atom. The molecule has 0 aliphatic carbocycles. The Balaban J connectivity index is 2.48. The van der Waals surface area contributed by atoms with Crippen LogP contribution in [0.5, 0.6) is 0 Å².